The van der Waals surface area contributed by atoms with Crippen molar-refractivity contribution in [3.8, 4) is 5.75 Å². The largest absolute Gasteiger partial charge is 0.497 e. The lowest BCUT2D eigenvalue weighted by molar-refractivity contribution is 0.0951. The van der Waals surface area contributed by atoms with Crippen LogP contribution in [0.3, 0.4) is 0 Å². The van der Waals surface area contributed by atoms with E-state index in [1.165, 1.54) is 37.4 Å². The Bertz CT molecular complexity index is 1150. The fraction of sp³-hybridized carbons (Fsp3) is 0.158. The maximum absolute atomic E-state index is 12.2. The third-order valence-electron chi connectivity index (χ3n) is 3.96. The van der Waals surface area contributed by atoms with Gasteiger partial charge in [-0.15, -0.1) is 0 Å². The number of benzene rings is 2. The van der Waals surface area contributed by atoms with Crippen molar-refractivity contribution in [2.45, 2.75) is 4.90 Å². The summed E-state index contributed by atoms with van der Waals surface area (Å²) in [7, 11) is -2.24. The summed E-state index contributed by atoms with van der Waals surface area (Å²) in [5.41, 5.74) is -0.511. The highest BCUT2D eigenvalue weighted by molar-refractivity contribution is 7.89. The van der Waals surface area contributed by atoms with Crippen molar-refractivity contribution in [3.05, 3.63) is 70.6 Å². The molecule has 0 unspecified atom stereocenters. The number of sulfonamides is 1. The van der Waals surface area contributed by atoms with Crippen LogP contribution < -0.4 is 20.4 Å². The SMILES string of the molecule is COc1ccc(S(=O)(=O)NCCNC(=O)c2cc3ccccc3oc2=O)cc1. The highest BCUT2D eigenvalue weighted by Crippen LogP contribution is 2.15. The molecule has 3 aromatic rings. The third kappa shape index (κ3) is 4.38. The van der Waals surface area contributed by atoms with Crippen molar-refractivity contribution in [3.63, 3.8) is 0 Å². The first-order chi connectivity index (χ1) is 13.4. The number of rotatable bonds is 7. The van der Waals surface area contributed by atoms with Crippen LogP contribution in [0.1, 0.15) is 10.4 Å². The fourth-order valence-electron chi connectivity index (χ4n) is 2.52. The van der Waals surface area contributed by atoms with Gasteiger partial charge >= 0.3 is 5.63 Å². The summed E-state index contributed by atoms with van der Waals surface area (Å²) < 4.78 is 36.9. The number of carbonyl (C=O) groups excluding carboxylic acids is 1. The minimum Gasteiger partial charge on any atom is -0.497 e. The van der Waals surface area contributed by atoms with Crippen molar-refractivity contribution in [1.29, 1.82) is 0 Å². The van der Waals surface area contributed by atoms with Crippen LogP contribution in [0.4, 0.5) is 0 Å². The zero-order valence-corrected chi connectivity index (χ0v) is 15.8. The molecule has 1 amide bonds. The number of hydrogen-bond donors (Lipinski definition) is 2. The van der Waals surface area contributed by atoms with Gasteiger partial charge in [0.1, 0.15) is 16.9 Å². The van der Waals surface area contributed by atoms with Gasteiger partial charge in [0.05, 0.1) is 12.0 Å². The summed E-state index contributed by atoms with van der Waals surface area (Å²) in [5.74, 6) is -0.0939. The van der Waals surface area contributed by atoms with Gasteiger partial charge in [0.2, 0.25) is 10.0 Å². The molecule has 2 aromatic carbocycles. The van der Waals surface area contributed by atoms with Crippen LogP contribution in [-0.4, -0.2) is 34.5 Å². The Labute approximate surface area is 161 Å². The van der Waals surface area contributed by atoms with Crippen LogP contribution in [0.25, 0.3) is 11.0 Å². The summed E-state index contributed by atoms with van der Waals surface area (Å²) in [5, 5.41) is 3.12. The van der Waals surface area contributed by atoms with E-state index in [0.29, 0.717) is 16.7 Å². The van der Waals surface area contributed by atoms with Gasteiger partial charge in [0, 0.05) is 18.5 Å². The number of hydrogen-bond acceptors (Lipinski definition) is 6. The molecule has 3 rings (SSSR count). The Balaban J connectivity index is 1.59. The second-order valence-electron chi connectivity index (χ2n) is 5.81. The molecule has 1 heterocycles. The normalized spacial score (nSPS) is 11.3. The predicted molar refractivity (Wildman–Crippen MR) is 103 cm³/mol. The number of nitrogens with one attached hydrogen (secondary N) is 2. The van der Waals surface area contributed by atoms with Crippen LogP contribution in [0, 0.1) is 0 Å². The molecule has 146 valence electrons. The standard InChI is InChI=1S/C19H18N2O6S/c1-26-14-6-8-15(9-7-14)28(24,25)21-11-10-20-18(22)16-12-13-4-2-3-5-17(13)27-19(16)23/h2-9,12,21H,10-11H2,1H3,(H,20,22). The lowest BCUT2D eigenvalue weighted by atomic mass is 10.2. The molecule has 2 N–H and O–H groups in total. The monoisotopic (exact) mass is 402 g/mol. The molecule has 0 aliphatic carbocycles. The smallest absolute Gasteiger partial charge is 0.349 e. The number of methoxy groups -OCH3 is 1. The topological polar surface area (TPSA) is 115 Å². The first kappa shape index (κ1) is 19.6. The number of fused-ring (bicyclic) bond motifs is 1. The first-order valence-corrected chi connectivity index (χ1v) is 9.84. The molecule has 0 spiro atoms. The molecular formula is C19H18N2O6S. The lowest BCUT2D eigenvalue weighted by Gasteiger charge is -2.08. The van der Waals surface area contributed by atoms with Crippen LogP contribution in [0.2, 0.25) is 0 Å². The summed E-state index contributed by atoms with van der Waals surface area (Å²) in [6.45, 7) is -0.0422. The van der Waals surface area contributed by atoms with Gasteiger partial charge in [0.25, 0.3) is 5.91 Å². The molecule has 0 aliphatic heterocycles. The molecule has 0 bridgehead atoms. The van der Waals surface area contributed by atoms with Crippen molar-refractivity contribution in [2.75, 3.05) is 20.2 Å². The van der Waals surface area contributed by atoms with Crippen LogP contribution >= 0.6 is 0 Å². The molecule has 28 heavy (non-hydrogen) atoms. The van der Waals surface area contributed by atoms with Gasteiger partial charge in [0.15, 0.2) is 0 Å². The van der Waals surface area contributed by atoms with E-state index in [0.717, 1.165) is 0 Å². The predicted octanol–water partition coefficient (Wildman–Crippen LogP) is 1.51. The van der Waals surface area contributed by atoms with E-state index in [1.54, 1.807) is 24.3 Å². The fourth-order valence-corrected chi connectivity index (χ4v) is 3.55. The van der Waals surface area contributed by atoms with E-state index >= 15 is 0 Å². The minimum absolute atomic E-state index is 0.000481. The molecule has 0 saturated carbocycles. The van der Waals surface area contributed by atoms with Gasteiger partial charge < -0.3 is 14.5 Å². The highest BCUT2D eigenvalue weighted by atomic mass is 32.2. The van der Waals surface area contributed by atoms with E-state index in [-0.39, 0.29) is 23.5 Å². The number of para-hydroxylation sites is 1. The summed E-state index contributed by atoms with van der Waals surface area (Å²) in [6, 6.07) is 14.2. The number of amides is 1. The average Bonchev–Trinajstić information content (AvgIpc) is 2.70. The summed E-state index contributed by atoms with van der Waals surface area (Å²) >= 11 is 0. The lowest BCUT2D eigenvalue weighted by Crippen LogP contribution is -2.36. The van der Waals surface area contributed by atoms with Crippen LogP contribution in [0.15, 0.2) is 68.7 Å². The van der Waals surface area contributed by atoms with Crippen LogP contribution in [-0.2, 0) is 10.0 Å². The van der Waals surface area contributed by atoms with Gasteiger partial charge in [-0.2, -0.15) is 0 Å². The zero-order valence-electron chi connectivity index (χ0n) is 15.0. The van der Waals surface area contributed by atoms with Crippen molar-refractivity contribution >= 4 is 26.9 Å². The zero-order chi connectivity index (χ0) is 20.1. The quantitative estimate of drug-likeness (QED) is 0.457. The van der Waals surface area contributed by atoms with E-state index < -0.39 is 21.6 Å². The second-order valence-corrected chi connectivity index (χ2v) is 7.58. The summed E-state index contributed by atoms with van der Waals surface area (Å²) in [4.78, 5) is 24.2. The molecule has 0 radical (unpaired) electrons. The molecular weight excluding hydrogens is 384 g/mol. The van der Waals surface area contributed by atoms with Crippen molar-refractivity contribution in [1.82, 2.24) is 10.0 Å². The molecule has 0 fully saturated rings. The summed E-state index contributed by atoms with van der Waals surface area (Å²) in [6.07, 6.45) is 0. The first-order valence-electron chi connectivity index (χ1n) is 8.35. The van der Waals surface area contributed by atoms with Gasteiger partial charge in [-0.3, -0.25) is 4.79 Å². The van der Waals surface area contributed by atoms with Crippen molar-refractivity contribution < 1.29 is 22.4 Å². The van der Waals surface area contributed by atoms with E-state index in [4.69, 9.17) is 9.15 Å². The number of ether oxygens (including phenoxy) is 1. The van der Waals surface area contributed by atoms with E-state index in [9.17, 15) is 18.0 Å². The molecule has 0 aliphatic rings. The average molecular weight is 402 g/mol. The second kappa shape index (κ2) is 8.24. The Morgan fingerprint density at radius 1 is 1.07 bits per heavy atom. The molecule has 0 saturated heterocycles. The Kier molecular flexibility index (Phi) is 5.76. The van der Waals surface area contributed by atoms with Gasteiger partial charge in [-0.25, -0.2) is 17.9 Å². The van der Waals surface area contributed by atoms with Gasteiger partial charge in [-0.1, -0.05) is 18.2 Å². The van der Waals surface area contributed by atoms with Crippen molar-refractivity contribution in [2.24, 2.45) is 0 Å². The van der Waals surface area contributed by atoms with Gasteiger partial charge in [-0.05, 0) is 36.4 Å². The maximum Gasteiger partial charge on any atom is 0.349 e. The van der Waals surface area contributed by atoms with E-state index in [2.05, 4.69) is 10.0 Å². The minimum atomic E-state index is -3.72. The molecule has 9 heteroatoms. The van der Waals surface area contributed by atoms with Crippen LogP contribution in [0.5, 0.6) is 5.75 Å². The highest BCUT2D eigenvalue weighted by Gasteiger charge is 2.15. The third-order valence-corrected chi connectivity index (χ3v) is 5.44. The van der Waals surface area contributed by atoms with E-state index in [1.807, 2.05) is 0 Å². The molecule has 1 aromatic heterocycles. The Hall–Kier alpha value is -3.17. The Morgan fingerprint density at radius 2 is 1.79 bits per heavy atom. The number of carbonyl (C=O) groups is 1. The maximum atomic E-state index is 12.2. The molecule has 0 atom stereocenters. The Morgan fingerprint density at radius 3 is 2.50 bits per heavy atom. The molecule has 8 nitrogen and oxygen atoms in total.